The lowest BCUT2D eigenvalue weighted by atomic mass is 9.96. The maximum absolute atomic E-state index is 12.6. The summed E-state index contributed by atoms with van der Waals surface area (Å²) in [4.78, 5) is 21.7. The SMILES string of the molecule is COCCN1c2nc(N3CCOCC3)cc(=O)n2CCC1(C)C. The van der Waals surface area contributed by atoms with Crippen molar-refractivity contribution in [2.24, 2.45) is 0 Å². The van der Waals surface area contributed by atoms with Crippen molar-refractivity contribution in [1.82, 2.24) is 9.55 Å². The van der Waals surface area contributed by atoms with E-state index in [1.54, 1.807) is 17.7 Å². The van der Waals surface area contributed by atoms with E-state index in [1.165, 1.54) is 0 Å². The van der Waals surface area contributed by atoms with Crippen molar-refractivity contribution in [3.05, 3.63) is 16.4 Å². The predicted octanol–water partition coefficient (Wildman–Crippen LogP) is 0.715. The van der Waals surface area contributed by atoms with E-state index in [1.807, 2.05) is 0 Å². The summed E-state index contributed by atoms with van der Waals surface area (Å²) in [5.74, 6) is 1.51. The van der Waals surface area contributed by atoms with Gasteiger partial charge in [0.2, 0.25) is 5.95 Å². The summed E-state index contributed by atoms with van der Waals surface area (Å²) in [5.41, 5.74) is -0.0175. The van der Waals surface area contributed by atoms with E-state index in [0.717, 1.165) is 37.8 Å². The third kappa shape index (κ3) is 3.21. The number of aromatic nitrogens is 2. The maximum atomic E-state index is 12.6. The van der Waals surface area contributed by atoms with E-state index in [0.29, 0.717) is 26.4 Å². The Morgan fingerprint density at radius 2 is 2.04 bits per heavy atom. The third-order valence-corrected chi connectivity index (χ3v) is 4.75. The molecule has 1 aromatic rings. The first-order valence-corrected chi connectivity index (χ1v) is 8.24. The largest absolute Gasteiger partial charge is 0.383 e. The molecule has 3 heterocycles. The molecule has 2 aliphatic heterocycles. The van der Waals surface area contributed by atoms with E-state index in [9.17, 15) is 4.79 Å². The molecule has 23 heavy (non-hydrogen) atoms. The average molecular weight is 322 g/mol. The van der Waals surface area contributed by atoms with Crippen molar-refractivity contribution >= 4 is 11.8 Å². The van der Waals surface area contributed by atoms with Crippen LogP contribution in [0, 0.1) is 0 Å². The molecule has 0 amide bonds. The Hall–Kier alpha value is -1.60. The first-order valence-electron chi connectivity index (χ1n) is 8.24. The third-order valence-electron chi connectivity index (χ3n) is 4.75. The number of nitrogens with zero attached hydrogens (tertiary/aromatic N) is 4. The van der Waals surface area contributed by atoms with Crippen LogP contribution in [0.5, 0.6) is 0 Å². The number of hydrogen-bond acceptors (Lipinski definition) is 6. The van der Waals surface area contributed by atoms with Gasteiger partial charge in [0.1, 0.15) is 5.82 Å². The Bertz CT molecular complexity index is 608. The highest BCUT2D eigenvalue weighted by Crippen LogP contribution is 2.31. The predicted molar refractivity (Wildman–Crippen MR) is 89.4 cm³/mol. The Kier molecular flexibility index (Phi) is 4.59. The normalized spacial score (nSPS) is 20.5. The van der Waals surface area contributed by atoms with Crippen molar-refractivity contribution in [2.45, 2.75) is 32.4 Å². The van der Waals surface area contributed by atoms with E-state index in [2.05, 4.69) is 23.6 Å². The molecule has 0 saturated carbocycles. The van der Waals surface area contributed by atoms with Crippen molar-refractivity contribution < 1.29 is 9.47 Å². The first kappa shape index (κ1) is 16.3. The van der Waals surface area contributed by atoms with Gasteiger partial charge in [0.05, 0.1) is 19.8 Å². The van der Waals surface area contributed by atoms with E-state index in [-0.39, 0.29) is 11.1 Å². The molecule has 0 spiro atoms. The van der Waals surface area contributed by atoms with Crippen LogP contribution in [0.25, 0.3) is 0 Å². The number of morpholine rings is 1. The van der Waals surface area contributed by atoms with Crippen LogP contribution in [0.1, 0.15) is 20.3 Å². The Morgan fingerprint density at radius 3 is 2.74 bits per heavy atom. The molecule has 1 saturated heterocycles. The van der Waals surface area contributed by atoms with Gasteiger partial charge in [0.25, 0.3) is 5.56 Å². The number of anilines is 2. The van der Waals surface area contributed by atoms with Crippen molar-refractivity contribution in [3.8, 4) is 0 Å². The minimum atomic E-state index is -0.0401. The highest BCUT2D eigenvalue weighted by molar-refractivity contribution is 5.47. The minimum absolute atomic E-state index is 0.0226. The molecule has 7 nitrogen and oxygen atoms in total. The molecule has 1 fully saturated rings. The monoisotopic (exact) mass is 322 g/mol. The Morgan fingerprint density at radius 1 is 1.30 bits per heavy atom. The maximum Gasteiger partial charge on any atom is 0.257 e. The Balaban J connectivity index is 1.99. The van der Waals surface area contributed by atoms with Crippen LogP contribution >= 0.6 is 0 Å². The quantitative estimate of drug-likeness (QED) is 0.814. The van der Waals surface area contributed by atoms with Gasteiger partial charge in [-0.3, -0.25) is 9.36 Å². The van der Waals surface area contributed by atoms with E-state index in [4.69, 9.17) is 14.5 Å². The van der Waals surface area contributed by atoms with Gasteiger partial charge >= 0.3 is 0 Å². The van der Waals surface area contributed by atoms with Crippen LogP contribution in [-0.4, -0.2) is 61.7 Å². The molecule has 0 unspecified atom stereocenters. The van der Waals surface area contributed by atoms with Crippen LogP contribution < -0.4 is 15.4 Å². The van der Waals surface area contributed by atoms with Gasteiger partial charge in [-0.2, -0.15) is 4.98 Å². The molecule has 0 aliphatic carbocycles. The molecule has 0 radical (unpaired) electrons. The number of hydrogen-bond donors (Lipinski definition) is 0. The molecular weight excluding hydrogens is 296 g/mol. The van der Waals surface area contributed by atoms with Crippen LogP contribution in [0.3, 0.4) is 0 Å². The highest BCUT2D eigenvalue weighted by atomic mass is 16.5. The number of methoxy groups -OCH3 is 1. The zero-order valence-electron chi connectivity index (χ0n) is 14.2. The number of ether oxygens (including phenoxy) is 2. The van der Waals surface area contributed by atoms with Gasteiger partial charge in [-0.05, 0) is 20.3 Å². The summed E-state index contributed by atoms with van der Waals surface area (Å²) in [6.07, 6.45) is 0.919. The lowest BCUT2D eigenvalue weighted by Gasteiger charge is -2.44. The Labute approximate surface area is 136 Å². The second-order valence-electron chi connectivity index (χ2n) is 6.71. The lowest BCUT2D eigenvalue weighted by Crippen LogP contribution is -2.53. The molecule has 0 N–H and O–H groups in total. The van der Waals surface area contributed by atoms with Gasteiger partial charge in [0.15, 0.2) is 0 Å². The van der Waals surface area contributed by atoms with E-state index >= 15 is 0 Å². The minimum Gasteiger partial charge on any atom is -0.383 e. The summed E-state index contributed by atoms with van der Waals surface area (Å²) in [7, 11) is 1.70. The van der Waals surface area contributed by atoms with Gasteiger partial charge in [0, 0.05) is 44.9 Å². The summed E-state index contributed by atoms with van der Waals surface area (Å²) in [6.45, 7) is 9.34. The fourth-order valence-corrected chi connectivity index (χ4v) is 3.23. The zero-order chi connectivity index (χ0) is 16.4. The van der Waals surface area contributed by atoms with Crippen molar-refractivity contribution in [1.29, 1.82) is 0 Å². The van der Waals surface area contributed by atoms with Gasteiger partial charge in [-0.15, -0.1) is 0 Å². The van der Waals surface area contributed by atoms with Crippen molar-refractivity contribution in [2.75, 3.05) is 56.4 Å². The van der Waals surface area contributed by atoms with Gasteiger partial charge in [-0.1, -0.05) is 0 Å². The van der Waals surface area contributed by atoms with Gasteiger partial charge < -0.3 is 19.3 Å². The fourth-order valence-electron chi connectivity index (χ4n) is 3.23. The standard InChI is InChI=1S/C16H26N4O3/c1-16(2)4-5-19-14(21)12-13(18-6-10-23-11-7-18)17-15(19)20(16)8-9-22-3/h12H,4-11H2,1-3H3. The van der Waals surface area contributed by atoms with E-state index < -0.39 is 0 Å². The fraction of sp³-hybridized carbons (Fsp3) is 0.750. The van der Waals surface area contributed by atoms with Crippen LogP contribution in [0.4, 0.5) is 11.8 Å². The van der Waals surface area contributed by atoms with Crippen LogP contribution in [0.15, 0.2) is 10.9 Å². The topological polar surface area (TPSA) is 59.8 Å². The average Bonchev–Trinajstić information content (AvgIpc) is 2.54. The molecule has 0 atom stereocenters. The number of fused-ring (bicyclic) bond motifs is 1. The van der Waals surface area contributed by atoms with Crippen LogP contribution in [0.2, 0.25) is 0 Å². The molecule has 0 aromatic carbocycles. The van der Waals surface area contributed by atoms with Crippen LogP contribution in [-0.2, 0) is 16.0 Å². The number of rotatable bonds is 4. The smallest absolute Gasteiger partial charge is 0.257 e. The lowest BCUT2D eigenvalue weighted by molar-refractivity contribution is 0.122. The summed E-state index contributed by atoms with van der Waals surface area (Å²) < 4.78 is 12.4. The molecule has 7 heteroatoms. The molecule has 3 rings (SSSR count). The molecule has 1 aromatic heterocycles. The van der Waals surface area contributed by atoms with Gasteiger partial charge in [-0.25, -0.2) is 0 Å². The first-order chi connectivity index (χ1) is 11.0. The molecule has 0 bridgehead atoms. The molecule has 128 valence electrons. The molecule has 2 aliphatic rings. The highest BCUT2D eigenvalue weighted by Gasteiger charge is 2.34. The molecular formula is C16H26N4O3. The summed E-state index contributed by atoms with van der Waals surface area (Å²) in [6, 6.07) is 1.65. The summed E-state index contributed by atoms with van der Waals surface area (Å²) in [5, 5.41) is 0. The van der Waals surface area contributed by atoms with Crippen molar-refractivity contribution in [3.63, 3.8) is 0 Å². The zero-order valence-corrected chi connectivity index (χ0v) is 14.2. The summed E-state index contributed by atoms with van der Waals surface area (Å²) >= 11 is 0. The second-order valence-corrected chi connectivity index (χ2v) is 6.71. The second kappa shape index (κ2) is 6.49.